The first-order chi connectivity index (χ1) is 8.77. The van der Waals surface area contributed by atoms with Crippen LogP contribution in [0.1, 0.15) is 25.3 Å². The van der Waals surface area contributed by atoms with Crippen LogP contribution in [0.25, 0.3) is 22.0 Å². The highest BCUT2D eigenvalue weighted by atomic mass is 14.7. The van der Waals surface area contributed by atoms with Crippen molar-refractivity contribution < 1.29 is 0 Å². The minimum atomic E-state index is 0.537. The largest absolute Gasteiger partial charge is 0.361 e. The summed E-state index contributed by atoms with van der Waals surface area (Å²) in [6.45, 7) is 4.49. The highest BCUT2D eigenvalue weighted by molar-refractivity contribution is 5.95. The first kappa shape index (κ1) is 11.1. The number of H-pyrrole nitrogens is 1. The lowest BCUT2D eigenvalue weighted by molar-refractivity contribution is 0.869. The third kappa shape index (κ3) is 1.72. The van der Waals surface area contributed by atoms with E-state index in [4.69, 9.17) is 0 Å². The summed E-state index contributed by atoms with van der Waals surface area (Å²) in [6.07, 6.45) is 2.01. The molecule has 3 aromatic rings. The second-order valence-corrected chi connectivity index (χ2v) is 4.99. The van der Waals surface area contributed by atoms with E-state index in [0.29, 0.717) is 5.92 Å². The van der Waals surface area contributed by atoms with Crippen molar-refractivity contribution in [1.29, 1.82) is 0 Å². The molecule has 2 aromatic carbocycles. The molecular formula is C17H17N. The molecule has 1 heterocycles. The molecule has 1 nitrogen and oxygen atoms in total. The van der Waals surface area contributed by atoms with Gasteiger partial charge < -0.3 is 4.98 Å². The van der Waals surface area contributed by atoms with E-state index in [1.54, 1.807) is 0 Å². The Morgan fingerprint density at radius 1 is 0.833 bits per heavy atom. The minimum Gasteiger partial charge on any atom is -0.361 e. The fourth-order valence-electron chi connectivity index (χ4n) is 2.57. The molecule has 0 aliphatic rings. The molecule has 1 aromatic heterocycles. The summed E-state index contributed by atoms with van der Waals surface area (Å²) >= 11 is 0. The van der Waals surface area contributed by atoms with E-state index in [-0.39, 0.29) is 0 Å². The molecule has 0 saturated carbocycles. The number of nitrogens with one attached hydrogen (secondary N) is 1. The van der Waals surface area contributed by atoms with Gasteiger partial charge in [0.05, 0.1) is 0 Å². The average Bonchev–Trinajstić information content (AvgIpc) is 2.86. The van der Waals surface area contributed by atoms with Crippen LogP contribution in [-0.2, 0) is 0 Å². The average molecular weight is 235 g/mol. The van der Waals surface area contributed by atoms with Crippen LogP contribution in [0.15, 0.2) is 54.7 Å². The van der Waals surface area contributed by atoms with Gasteiger partial charge in [0.15, 0.2) is 0 Å². The fraction of sp³-hybridized carbons (Fsp3) is 0.176. The van der Waals surface area contributed by atoms with Crippen molar-refractivity contribution >= 4 is 10.9 Å². The van der Waals surface area contributed by atoms with Gasteiger partial charge in [0.25, 0.3) is 0 Å². The lowest BCUT2D eigenvalue weighted by Gasteiger charge is -2.13. The standard InChI is InChI=1S/C17H17N/c1-12(2)13-6-3-4-7-14(13)15-8-5-9-17-16(15)10-11-18-17/h3-12,18H,1-2H3. The van der Waals surface area contributed by atoms with Crippen molar-refractivity contribution in [3.63, 3.8) is 0 Å². The minimum absolute atomic E-state index is 0.537. The predicted octanol–water partition coefficient (Wildman–Crippen LogP) is 4.96. The normalized spacial score (nSPS) is 11.3. The molecule has 0 aliphatic heterocycles. The number of benzene rings is 2. The van der Waals surface area contributed by atoms with Crippen molar-refractivity contribution in [1.82, 2.24) is 4.98 Å². The van der Waals surface area contributed by atoms with Crippen LogP contribution >= 0.6 is 0 Å². The Labute approximate surface area is 107 Å². The van der Waals surface area contributed by atoms with Crippen molar-refractivity contribution in [2.45, 2.75) is 19.8 Å². The van der Waals surface area contributed by atoms with Crippen molar-refractivity contribution in [2.24, 2.45) is 0 Å². The van der Waals surface area contributed by atoms with Gasteiger partial charge in [-0.05, 0) is 34.7 Å². The summed E-state index contributed by atoms with van der Waals surface area (Å²) in [7, 11) is 0. The van der Waals surface area contributed by atoms with Gasteiger partial charge in [-0.3, -0.25) is 0 Å². The molecule has 0 radical (unpaired) electrons. The fourth-order valence-corrected chi connectivity index (χ4v) is 2.57. The summed E-state index contributed by atoms with van der Waals surface area (Å²) in [5.41, 5.74) is 5.27. The van der Waals surface area contributed by atoms with Gasteiger partial charge in [0.2, 0.25) is 0 Å². The number of hydrogen-bond donors (Lipinski definition) is 1. The van der Waals surface area contributed by atoms with E-state index in [0.717, 1.165) is 0 Å². The smallest absolute Gasteiger partial charge is 0.0460 e. The van der Waals surface area contributed by atoms with E-state index >= 15 is 0 Å². The molecule has 90 valence electrons. The summed E-state index contributed by atoms with van der Waals surface area (Å²) in [6, 6.07) is 17.3. The van der Waals surface area contributed by atoms with Gasteiger partial charge in [0.1, 0.15) is 0 Å². The molecule has 0 fully saturated rings. The van der Waals surface area contributed by atoms with Crippen molar-refractivity contribution in [2.75, 3.05) is 0 Å². The third-order valence-corrected chi connectivity index (χ3v) is 3.47. The molecule has 0 aliphatic carbocycles. The molecule has 1 heteroatoms. The van der Waals surface area contributed by atoms with Crippen LogP contribution in [0.4, 0.5) is 0 Å². The lowest BCUT2D eigenvalue weighted by Crippen LogP contribution is -1.92. The van der Waals surface area contributed by atoms with Crippen LogP contribution in [0.5, 0.6) is 0 Å². The SMILES string of the molecule is CC(C)c1ccccc1-c1cccc2[nH]ccc12. The van der Waals surface area contributed by atoms with Gasteiger partial charge in [0, 0.05) is 17.1 Å². The molecule has 0 spiro atoms. The summed E-state index contributed by atoms with van der Waals surface area (Å²) in [5.74, 6) is 0.537. The van der Waals surface area contributed by atoms with Gasteiger partial charge in [-0.15, -0.1) is 0 Å². The van der Waals surface area contributed by atoms with Gasteiger partial charge in [-0.2, -0.15) is 0 Å². The zero-order valence-corrected chi connectivity index (χ0v) is 10.8. The number of aromatic amines is 1. The maximum Gasteiger partial charge on any atom is 0.0460 e. The number of hydrogen-bond acceptors (Lipinski definition) is 0. The Hall–Kier alpha value is -2.02. The summed E-state index contributed by atoms with van der Waals surface area (Å²) in [4.78, 5) is 3.28. The van der Waals surface area contributed by atoms with E-state index in [9.17, 15) is 0 Å². The Bertz CT molecular complexity index is 677. The third-order valence-electron chi connectivity index (χ3n) is 3.47. The lowest BCUT2D eigenvalue weighted by atomic mass is 9.91. The monoisotopic (exact) mass is 235 g/mol. The molecule has 0 saturated heterocycles. The molecule has 0 unspecified atom stereocenters. The summed E-state index contributed by atoms with van der Waals surface area (Å²) < 4.78 is 0. The number of fused-ring (bicyclic) bond motifs is 1. The Morgan fingerprint density at radius 3 is 2.44 bits per heavy atom. The highest BCUT2D eigenvalue weighted by Gasteiger charge is 2.10. The molecular weight excluding hydrogens is 218 g/mol. The molecule has 0 amide bonds. The predicted molar refractivity (Wildman–Crippen MR) is 77.8 cm³/mol. The van der Waals surface area contributed by atoms with E-state index in [2.05, 4.69) is 67.4 Å². The summed E-state index contributed by atoms with van der Waals surface area (Å²) in [5, 5.41) is 1.30. The van der Waals surface area contributed by atoms with Crippen molar-refractivity contribution in [3.05, 3.63) is 60.3 Å². The highest BCUT2D eigenvalue weighted by Crippen LogP contribution is 2.33. The molecule has 0 atom stereocenters. The Morgan fingerprint density at radius 2 is 1.61 bits per heavy atom. The Kier molecular flexibility index (Phi) is 2.67. The first-order valence-electron chi connectivity index (χ1n) is 6.43. The van der Waals surface area contributed by atoms with Crippen LogP contribution in [0, 0.1) is 0 Å². The van der Waals surface area contributed by atoms with Gasteiger partial charge in [-0.25, -0.2) is 0 Å². The quantitative estimate of drug-likeness (QED) is 0.646. The second-order valence-electron chi connectivity index (χ2n) is 4.99. The second kappa shape index (κ2) is 4.34. The molecule has 0 bridgehead atoms. The van der Waals surface area contributed by atoms with Crippen LogP contribution in [-0.4, -0.2) is 4.98 Å². The zero-order valence-electron chi connectivity index (χ0n) is 10.8. The maximum absolute atomic E-state index is 3.28. The maximum atomic E-state index is 3.28. The van der Waals surface area contributed by atoms with Gasteiger partial charge in [-0.1, -0.05) is 50.2 Å². The van der Waals surface area contributed by atoms with Crippen LogP contribution < -0.4 is 0 Å². The van der Waals surface area contributed by atoms with Crippen molar-refractivity contribution in [3.8, 4) is 11.1 Å². The molecule has 1 N–H and O–H groups in total. The topological polar surface area (TPSA) is 15.8 Å². The van der Waals surface area contributed by atoms with Crippen LogP contribution in [0.2, 0.25) is 0 Å². The number of aromatic nitrogens is 1. The molecule has 18 heavy (non-hydrogen) atoms. The zero-order chi connectivity index (χ0) is 12.5. The van der Waals surface area contributed by atoms with E-state index < -0.39 is 0 Å². The van der Waals surface area contributed by atoms with E-state index in [1.165, 1.54) is 27.6 Å². The van der Waals surface area contributed by atoms with E-state index in [1.807, 2.05) is 6.20 Å². The Balaban J connectivity index is 2.29. The molecule has 3 rings (SSSR count). The van der Waals surface area contributed by atoms with Gasteiger partial charge >= 0.3 is 0 Å². The number of rotatable bonds is 2. The van der Waals surface area contributed by atoms with Crippen LogP contribution in [0.3, 0.4) is 0 Å². The first-order valence-corrected chi connectivity index (χ1v) is 6.43.